The smallest absolute Gasteiger partial charge is 0.233 e. The maximum atomic E-state index is 15.8. The number of hydrazine groups is 1. The van der Waals surface area contributed by atoms with Gasteiger partial charge in [0.05, 0.1) is 30.5 Å². The molecule has 2 fully saturated rings. The first-order valence-electron chi connectivity index (χ1n) is 12.6. The molecule has 0 bridgehead atoms. The molecule has 1 saturated carbocycles. The third-order valence-electron chi connectivity index (χ3n) is 7.92. The van der Waals surface area contributed by atoms with Crippen LogP contribution in [0.5, 0.6) is 5.75 Å². The molecular formula is C26H35FN6O2. The molecule has 1 saturated heterocycles. The molecule has 5 atom stereocenters. The number of hydrogen-bond acceptors (Lipinski definition) is 6. The number of hydrogen-bond donors (Lipinski definition) is 5. The number of carbonyl (C=O) groups excluding carboxylic acids is 1. The number of alkyl halides is 1. The second-order valence-corrected chi connectivity index (χ2v) is 9.89. The summed E-state index contributed by atoms with van der Waals surface area (Å²) in [7, 11) is 1.66. The minimum absolute atomic E-state index is 0.0252. The summed E-state index contributed by atoms with van der Waals surface area (Å²) in [6, 6.07) is 4.95. The molecule has 35 heavy (non-hydrogen) atoms. The molecular weight excluding hydrogens is 447 g/mol. The Morgan fingerprint density at radius 1 is 1.31 bits per heavy atom. The number of fused-ring (bicyclic) bond motifs is 1. The number of phenols is 1. The lowest BCUT2D eigenvalue weighted by molar-refractivity contribution is -0.121. The van der Waals surface area contributed by atoms with Crippen molar-refractivity contribution in [2.45, 2.75) is 56.8 Å². The van der Waals surface area contributed by atoms with Gasteiger partial charge in [-0.15, -0.1) is 0 Å². The minimum atomic E-state index is -1.03. The molecule has 9 heteroatoms. The molecule has 5 N–H and O–H groups in total. The average Bonchev–Trinajstić information content (AvgIpc) is 3.52. The van der Waals surface area contributed by atoms with Gasteiger partial charge in [0, 0.05) is 32.0 Å². The zero-order valence-corrected chi connectivity index (χ0v) is 20.4. The van der Waals surface area contributed by atoms with Gasteiger partial charge in [-0.1, -0.05) is 19.1 Å². The van der Waals surface area contributed by atoms with Crippen LogP contribution in [0.3, 0.4) is 0 Å². The van der Waals surface area contributed by atoms with Crippen molar-refractivity contribution in [3.63, 3.8) is 0 Å². The standard InChI is InChI=1S/C26H35FN6O2/c1-3-15-12-17(34)4-5-18(15)19-6-7-20-24(23(19)27)31-32-25(20)26-29-13-21(30-26)16-8-10-33(11-9-16)14-22(35)28-2/h4-5,8,12-13,19-20,23-25,31-32,34H,3,6-7,9-11,14H2,1-2H3,(H,28,35)(H,29,30). The number of aryl methyl sites for hydroxylation is 1. The number of imidazole rings is 1. The fourth-order valence-electron chi connectivity index (χ4n) is 5.95. The lowest BCUT2D eigenvalue weighted by atomic mass is 9.71. The van der Waals surface area contributed by atoms with E-state index in [1.165, 1.54) is 5.57 Å². The Labute approximate surface area is 205 Å². The predicted molar refractivity (Wildman–Crippen MR) is 132 cm³/mol. The van der Waals surface area contributed by atoms with E-state index in [1.807, 2.05) is 19.2 Å². The van der Waals surface area contributed by atoms with Crippen molar-refractivity contribution in [3.8, 4) is 5.75 Å². The summed E-state index contributed by atoms with van der Waals surface area (Å²) in [6.45, 7) is 4.00. The lowest BCUT2D eigenvalue weighted by Gasteiger charge is -2.36. The lowest BCUT2D eigenvalue weighted by Crippen LogP contribution is -2.45. The number of rotatable bonds is 6. The monoisotopic (exact) mass is 482 g/mol. The van der Waals surface area contributed by atoms with Crippen LogP contribution in [-0.2, 0) is 11.2 Å². The van der Waals surface area contributed by atoms with Crippen molar-refractivity contribution in [1.82, 2.24) is 31.0 Å². The number of aromatic amines is 1. The maximum absolute atomic E-state index is 15.8. The van der Waals surface area contributed by atoms with Crippen molar-refractivity contribution in [3.05, 3.63) is 53.1 Å². The Kier molecular flexibility index (Phi) is 6.91. The van der Waals surface area contributed by atoms with Gasteiger partial charge in [-0.25, -0.2) is 14.8 Å². The zero-order chi connectivity index (χ0) is 24.5. The second-order valence-electron chi connectivity index (χ2n) is 9.89. The predicted octanol–water partition coefficient (Wildman–Crippen LogP) is 2.56. The molecule has 3 heterocycles. The second kappa shape index (κ2) is 10.1. The van der Waals surface area contributed by atoms with Gasteiger partial charge in [0.2, 0.25) is 5.91 Å². The van der Waals surface area contributed by atoms with Gasteiger partial charge < -0.3 is 15.4 Å². The molecule has 1 amide bonds. The van der Waals surface area contributed by atoms with Crippen LogP contribution in [0.1, 0.15) is 60.8 Å². The number of amides is 1. The van der Waals surface area contributed by atoms with Crippen LogP contribution in [0.4, 0.5) is 4.39 Å². The molecule has 1 aromatic carbocycles. The molecule has 188 valence electrons. The van der Waals surface area contributed by atoms with Crippen molar-refractivity contribution >= 4 is 11.5 Å². The highest BCUT2D eigenvalue weighted by Gasteiger charge is 2.48. The summed E-state index contributed by atoms with van der Waals surface area (Å²) in [6.07, 6.45) is 6.26. The van der Waals surface area contributed by atoms with Gasteiger partial charge in [-0.05, 0) is 54.5 Å². The Balaban J connectivity index is 1.26. The van der Waals surface area contributed by atoms with Gasteiger partial charge in [0.25, 0.3) is 0 Å². The Morgan fingerprint density at radius 2 is 2.17 bits per heavy atom. The van der Waals surface area contributed by atoms with Crippen LogP contribution in [0.15, 0.2) is 30.5 Å². The molecule has 0 radical (unpaired) electrons. The van der Waals surface area contributed by atoms with E-state index in [0.717, 1.165) is 61.4 Å². The largest absolute Gasteiger partial charge is 0.508 e. The van der Waals surface area contributed by atoms with Gasteiger partial charge >= 0.3 is 0 Å². The number of phenolic OH excluding ortho intramolecular Hbond substituents is 1. The van der Waals surface area contributed by atoms with Crippen molar-refractivity contribution < 1.29 is 14.3 Å². The van der Waals surface area contributed by atoms with Crippen molar-refractivity contribution in [2.24, 2.45) is 5.92 Å². The van der Waals surface area contributed by atoms with E-state index in [4.69, 9.17) is 0 Å². The van der Waals surface area contributed by atoms with Crippen LogP contribution >= 0.6 is 0 Å². The van der Waals surface area contributed by atoms with E-state index in [9.17, 15) is 9.90 Å². The number of nitrogens with one attached hydrogen (secondary N) is 4. The summed E-state index contributed by atoms with van der Waals surface area (Å²) >= 11 is 0. The van der Waals surface area contributed by atoms with Gasteiger partial charge in [0.15, 0.2) is 0 Å². The number of halogens is 1. The van der Waals surface area contributed by atoms with E-state index in [0.29, 0.717) is 6.54 Å². The highest BCUT2D eigenvalue weighted by atomic mass is 19.1. The molecule has 3 aliphatic rings. The summed E-state index contributed by atoms with van der Waals surface area (Å²) in [5.41, 5.74) is 10.8. The number of aromatic hydroxyl groups is 1. The normalized spacial score (nSPS) is 29.0. The number of benzene rings is 1. The highest BCUT2D eigenvalue weighted by molar-refractivity contribution is 5.77. The molecule has 1 aromatic heterocycles. The third kappa shape index (κ3) is 4.72. The number of H-pyrrole nitrogens is 1. The van der Waals surface area contributed by atoms with E-state index in [2.05, 4.69) is 37.1 Å². The van der Waals surface area contributed by atoms with Gasteiger partial charge in [0.1, 0.15) is 17.7 Å². The Morgan fingerprint density at radius 3 is 2.91 bits per heavy atom. The molecule has 0 spiro atoms. The molecule has 5 rings (SSSR count). The van der Waals surface area contributed by atoms with Gasteiger partial charge in [-0.2, -0.15) is 0 Å². The van der Waals surface area contributed by atoms with Gasteiger partial charge in [-0.3, -0.25) is 15.1 Å². The fourth-order valence-corrected chi connectivity index (χ4v) is 5.95. The number of nitrogens with zero attached hydrogens (tertiary/aromatic N) is 2. The quantitative estimate of drug-likeness (QED) is 0.434. The SMILES string of the molecule is CCc1cc(O)ccc1C1CCC2C(c3ncc(C4=CCN(CC(=O)NC)CC4)[nH]3)NNC2C1F. The number of likely N-dealkylation sites (N-methyl/N-ethyl adjacent to an activating group) is 1. The van der Waals surface area contributed by atoms with Crippen LogP contribution < -0.4 is 16.2 Å². The average molecular weight is 483 g/mol. The maximum Gasteiger partial charge on any atom is 0.233 e. The molecule has 8 nitrogen and oxygen atoms in total. The third-order valence-corrected chi connectivity index (χ3v) is 7.92. The van der Waals surface area contributed by atoms with E-state index < -0.39 is 6.17 Å². The van der Waals surface area contributed by atoms with E-state index in [1.54, 1.807) is 19.2 Å². The molecule has 2 aromatic rings. The van der Waals surface area contributed by atoms with Crippen LogP contribution in [0.25, 0.3) is 5.57 Å². The fraction of sp³-hybridized carbons (Fsp3) is 0.538. The first-order valence-corrected chi connectivity index (χ1v) is 12.6. The van der Waals surface area contributed by atoms with E-state index >= 15 is 4.39 Å². The van der Waals surface area contributed by atoms with Crippen molar-refractivity contribution in [2.75, 3.05) is 26.7 Å². The highest BCUT2D eigenvalue weighted by Crippen LogP contribution is 2.45. The zero-order valence-electron chi connectivity index (χ0n) is 20.4. The summed E-state index contributed by atoms with van der Waals surface area (Å²) in [4.78, 5) is 21.9. The first kappa shape index (κ1) is 24.0. The van der Waals surface area contributed by atoms with Crippen LogP contribution in [0, 0.1) is 5.92 Å². The van der Waals surface area contributed by atoms with E-state index in [-0.39, 0.29) is 35.6 Å². The Hall–Kier alpha value is -2.75. The molecule has 2 aliphatic heterocycles. The molecule has 1 aliphatic carbocycles. The van der Waals surface area contributed by atoms with Crippen molar-refractivity contribution in [1.29, 1.82) is 0 Å². The number of carbonyl (C=O) groups is 1. The topological polar surface area (TPSA) is 105 Å². The first-order chi connectivity index (χ1) is 17.0. The summed E-state index contributed by atoms with van der Waals surface area (Å²) in [5.74, 6) is 1.01. The summed E-state index contributed by atoms with van der Waals surface area (Å²) in [5, 5.41) is 12.5. The summed E-state index contributed by atoms with van der Waals surface area (Å²) < 4.78 is 15.8. The minimum Gasteiger partial charge on any atom is -0.508 e. The van der Waals surface area contributed by atoms with Crippen LogP contribution in [-0.4, -0.2) is 64.8 Å². The number of aromatic nitrogens is 2. The molecule has 5 unspecified atom stereocenters. The Bertz CT molecular complexity index is 1100. The van der Waals surface area contributed by atoms with Crippen LogP contribution in [0.2, 0.25) is 0 Å².